The molecule has 2 aromatic carbocycles. The Kier molecular flexibility index (Phi) is 5.79. The van der Waals surface area contributed by atoms with Crippen LogP contribution in [0.25, 0.3) is 6.08 Å². The largest absolute Gasteiger partial charge is 0.492 e. The number of carbonyl (C=O) groups excluding carboxylic acids is 2. The summed E-state index contributed by atoms with van der Waals surface area (Å²) < 4.78 is 5.73. The number of ether oxygens (including phenoxy) is 1. The van der Waals surface area contributed by atoms with Gasteiger partial charge >= 0.3 is 0 Å². The lowest BCUT2D eigenvalue weighted by Gasteiger charge is -2.09. The third-order valence-electron chi connectivity index (χ3n) is 3.61. The zero-order valence-corrected chi connectivity index (χ0v) is 14.9. The van der Waals surface area contributed by atoms with E-state index in [0.717, 1.165) is 30.2 Å². The van der Waals surface area contributed by atoms with Gasteiger partial charge in [-0.2, -0.15) is 0 Å². The van der Waals surface area contributed by atoms with Crippen LogP contribution in [0.4, 0.5) is 4.79 Å². The predicted molar refractivity (Wildman–Crippen MR) is 101 cm³/mol. The normalized spacial score (nSPS) is 15.5. The number of hydrogen-bond acceptors (Lipinski definition) is 4. The fourth-order valence-electron chi connectivity index (χ4n) is 2.40. The van der Waals surface area contributed by atoms with Gasteiger partial charge in [-0.1, -0.05) is 48.0 Å². The summed E-state index contributed by atoms with van der Waals surface area (Å²) in [5, 5.41) is 2.34. The number of amides is 2. The van der Waals surface area contributed by atoms with Crippen LogP contribution in [0.1, 0.15) is 17.5 Å². The van der Waals surface area contributed by atoms with Gasteiger partial charge in [0.2, 0.25) is 0 Å². The highest BCUT2D eigenvalue weighted by molar-refractivity contribution is 8.18. The molecule has 2 amide bonds. The highest BCUT2D eigenvalue weighted by Gasteiger charge is 2.24. The Bertz CT molecular complexity index is 821. The zero-order valence-electron chi connectivity index (χ0n) is 13.3. The number of imide groups is 1. The molecule has 0 atom stereocenters. The van der Waals surface area contributed by atoms with Crippen molar-refractivity contribution in [2.75, 3.05) is 6.61 Å². The minimum absolute atomic E-state index is 0.359. The summed E-state index contributed by atoms with van der Waals surface area (Å²) in [6.45, 7) is 0.571. The molecule has 1 aliphatic rings. The fraction of sp³-hybridized carbons (Fsp3) is 0.158. The van der Waals surface area contributed by atoms with Crippen LogP contribution in [0.15, 0.2) is 53.4 Å². The molecule has 0 radical (unpaired) electrons. The second-order valence-corrected chi connectivity index (χ2v) is 6.90. The first-order valence-electron chi connectivity index (χ1n) is 7.83. The van der Waals surface area contributed by atoms with Crippen molar-refractivity contribution in [3.05, 3.63) is 69.6 Å². The molecule has 1 aliphatic heterocycles. The van der Waals surface area contributed by atoms with E-state index in [-0.39, 0.29) is 11.1 Å². The maximum atomic E-state index is 11.6. The van der Waals surface area contributed by atoms with Crippen LogP contribution in [0.3, 0.4) is 0 Å². The Morgan fingerprint density at radius 2 is 1.92 bits per heavy atom. The molecule has 0 unspecified atom stereocenters. The number of nitrogens with one attached hydrogen (secondary N) is 1. The highest BCUT2D eigenvalue weighted by atomic mass is 35.5. The molecule has 0 spiro atoms. The monoisotopic (exact) mass is 373 g/mol. The van der Waals surface area contributed by atoms with Crippen molar-refractivity contribution in [2.45, 2.75) is 12.8 Å². The molecular weight excluding hydrogens is 358 g/mol. The van der Waals surface area contributed by atoms with Gasteiger partial charge < -0.3 is 4.74 Å². The van der Waals surface area contributed by atoms with Crippen LogP contribution < -0.4 is 10.1 Å². The lowest BCUT2D eigenvalue weighted by atomic mass is 10.1. The van der Waals surface area contributed by atoms with E-state index in [0.29, 0.717) is 22.3 Å². The maximum absolute atomic E-state index is 11.6. The summed E-state index contributed by atoms with van der Waals surface area (Å²) in [6, 6.07) is 15.5. The highest BCUT2D eigenvalue weighted by Crippen LogP contribution is 2.30. The molecule has 6 heteroatoms. The number of carbonyl (C=O) groups is 2. The van der Waals surface area contributed by atoms with Crippen LogP contribution in [0, 0.1) is 0 Å². The Balaban J connectivity index is 1.56. The first-order chi connectivity index (χ1) is 12.1. The third-order valence-corrected chi connectivity index (χ3v) is 4.71. The van der Waals surface area contributed by atoms with E-state index >= 15 is 0 Å². The van der Waals surface area contributed by atoms with Crippen molar-refractivity contribution in [3.63, 3.8) is 0 Å². The van der Waals surface area contributed by atoms with E-state index in [4.69, 9.17) is 16.3 Å². The lowest BCUT2D eigenvalue weighted by Crippen LogP contribution is -2.17. The summed E-state index contributed by atoms with van der Waals surface area (Å²) in [4.78, 5) is 23.1. The molecule has 25 heavy (non-hydrogen) atoms. The van der Waals surface area contributed by atoms with Crippen LogP contribution in [0.5, 0.6) is 5.75 Å². The molecule has 0 bridgehead atoms. The molecule has 1 fully saturated rings. The van der Waals surface area contributed by atoms with Gasteiger partial charge in [-0.15, -0.1) is 0 Å². The minimum atomic E-state index is -0.382. The predicted octanol–water partition coefficient (Wildman–Crippen LogP) is 4.68. The van der Waals surface area contributed by atoms with Gasteiger partial charge in [0.25, 0.3) is 11.1 Å². The summed E-state index contributed by atoms with van der Waals surface area (Å²) in [7, 11) is 0. The van der Waals surface area contributed by atoms with Gasteiger partial charge in [0, 0.05) is 0 Å². The number of aryl methyl sites for hydroxylation is 1. The first-order valence-corrected chi connectivity index (χ1v) is 9.02. The van der Waals surface area contributed by atoms with E-state index in [1.807, 2.05) is 24.3 Å². The van der Waals surface area contributed by atoms with Gasteiger partial charge in [0.15, 0.2) is 0 Å². The number of thioether (sulfide) groups is 1. The van der Waals surface area contributed by atoms with Crippen molar-refractivity contribution < 1.29 is 14.3 Å². The molecule has 128 valence electrons. The topological polar surface area (TPSA) is 55.4 Å². The Morgan fingerprint density at radius 1 is 1.12 bits per heavy atom. The van der Waals surface area contributed by atoms with Gasteiger partial charge in [-0.3, -0.25) is 14.9 Å². The molecule has 1 saturated heterocycles. The second kappa shape index (κ2) is 8.23. The standard InChI is InChI=1S/C19H16ClNO3S/c20-15-11-14(12-17-18(22)21-19(23)25-17)8-9-16(15)24-10-4-7-13-5-2-1-3-6-13/h1-3,5-6,8-9,11-12H,4,7,10H2,(H,21,22,23). The molecule has 2 aromatic rings. The molecule has 3 rings (SSSR count). The fourth-order valence-corrected chi connectivity index (χ4v) is 3.33. The number of rotatable bonds is 6. The van der Waals surface area contributed by atoms with Crippen LogP contribution >= 0.6 is 23.4 Å². The smallest absolute Gasteiger partial charge is 0.290 e. The summed E-state index contributed by atoms with van der Waals surface area (Å²) in [6.07, 6.45) is 3.48. The Hall–Kier alpha value is -2.24. The Labute approximate surface area is 155 Å². The van der Waals surface area contributed by atoms with E-state index in [1.54, 1.807) is 18.2 Å². The van der Waals surface area contributed by atoms with Gasteiger partial charge in [0.05, 0.1) is 16.5 Å². The van der Waals surface area contributed by atoms with Gasteiger partial charge in [-0.25, -0.2) is 0 Å². The number of benzene rings is 2. The Morgan fingerprint density at radius 3 is 2.60 bits per heavy atom. The summed E-state index contributed by atoms with van der Waals surface area (Å²) in [5.74, 6) is 0.226. The SMILES string of the molecule is O=C1NC(=O)C(=Cc2ccc(OCCCc3ccccc3)c(Cl)c2)S1. The molecule has 0 saturated carbocycles. The lowest BCUT2D eigenvalue weighted by molar-refractivity contribution is -0.115. The van der Waals surface area contributed by atoms with E-state index in [2.05, 4.69) is 17.4 Å². The van der Waals surface area contributed by atoms with Crippen LogP contribution in [-0.2, 0) is 11.2 Å². The van der Waals surface area contributed by atoms with Crippen molar-refractivity contribution in [1.29, 1.82) is 0 Å². The van der Waals surface area contributed by atoms with Crippen molar-refractivity contribution >= 4 is 40.6 Å². The van der Waals surface area contributed by atoms with Crippen molar-refractivity contribution in [2.24, 2.45) is 0 Å². The average molecular weight is 374 g/mol. The van der Waals surface area contributed by atoms with Crippen molar-refractivity contribution in [3.8, 4) is 5.75 Å². The van der Waals surface area contributed by atoms with Crippen molar-refractivity contribution in [1.82, 2.24) is 5.32 Å². The quantitative estimate of drug-likeness (QED) is 0.590. The average Bonchev–Trinajstić information content (AvgIpc) is 2.91. The van der Waals surface area contributed by atoms with Gasteiger partial charge in [0.1, 0.15) is 5.75 Å². The summed E-state index contributed by atoms with van der Waals surface area (Å²) >= 11 is 7.13. The molecule has 1 N–H and O–H groups in total. The zero-order chi connectivity index (χ0) is 17.6. The first kappa shape index (κ1) is 17.6. The van der Waals surface area contributed by atoms with Gasteiger partial charge in [-0.05, 0) is 53.9 Å². The van der Waals surface area contributed by atoms with E-state index < -0.39 is 0 Å². The molecule has 1 heterocycles. The second-order valence-electron chi connectivity index (χ2n) is 5.48. The van der Waals surface area contributed by atoms with E-state index in [1.165, 1.54) is 5.56 Å². The summed E-state index contributed by atoms with van der Waals surface area (Å²) in [5.41, 5.74) is 2.02. The molecule has 4 nitrogen and oxygen atoms in total. The van der Waals surface area contributed by atoms with Crippen LogP contribution in [0.2, 0.25) is 5.02 Å². The third kappa shape index (κ3) is 4.87. The van der Waals surface area contributed by atoms with Crippen LogP contribution in [-0.4, -0.2) is 17.8 Å². The molecule has 0 aliphatic carbocycles. The minimum Gasteiger partial charge on any atom is -0.492 e. The maximum Gasteiger partial charge on any atom is 0.290 e. The number of hydrogen-bond donors (Lipinski definition) is 1. The number of halogens is 1. The van der Waals surface area contributed by atoms with E-state index in [9.17, 15) is 9.59 Å². The molecular formula is C19H16ClNO3S. The molecule has 0 aromatic heterocycles.